The zero-order chi connectivity index (χ0) is 27.4. The van der Waals surface area contributed by atoms with Gasteiger partial charge in [0, 0.05) is 25.0 Å². The molecule has 3 atom stereocenters. The summed E-state index contributed by atoms with van der Waals surface area (Å²) in [6.45, 7) is 5.16. The number of nitrogens with zero attached hydrogens (tertiary/aromatic N) is 3. The van der Waals surface area contributed by atoms with Gasteiger partial charge in [0.2, 0.25) is 0 Å². The second-order valence-corrected chi connectivity index (χ2v) is 9.08. The summed E-state index contributed by atoms with van der Waals surface area (Å²) in [5.41, 5.74) is -5.56. The second kappa shape index (κ2) is 11.4. The van der Waals surface area contributed by atoms with Crippen LogP contribution in [-0.4, -0.2) is 57.8 Å². The Kier molecular flexibility index (Phi) is 8.70. The fourth-order valence-electron chi connectivity index (χ4n) is 3.50. The SMILES string of the molecule is C#CCO[C@H]1C[C@H](n2cc(C(F)(F)F)c(=O)n(C(=O)c3cccnc3)c2=O)O[C@@H]1COCOC(C)(C)C. The summed E-state index contributed by atoms with van der Waals surface area (Å²) >= 11 is 0. The van der Waals surface area contributed by atoms with Crippen LogP contribution < -0.4 is 11.2 Å². The van der Waals surface area contributed by atoms with Crippen LogP contribution in [0.15, 0.2) is 40.3 Å². The van der Waals surface area contributed by atoms with Gasteiger partial charge in [-0.3, -0.25) is 19.1 Å². The molecule has 0 aromatic carbocycles. The molecule has 0 N–H and O–H groups in total. The number of hydrogen-bond acceptors (Lipinski definition) is 8. The van der Waals surface area contributed by atoms with Gasteiger partial charge >= 0.3 is 11.9 Å². The molecule has 2 aromatic rings. The number of carbonyl (C=O) groups is 1. The van der Waals surface area contributed by atoms with Gasteiger partial charge < -0.3 is 18.9 Å². The second-order valence-electron chi connectivity index (χ2n) is 9.08. The monoisotopic (exact) mass is 525 g/mol. The molecule has 0 unspecified atom stereocenters. The first-order valence-corrected chi connectivity index (χ1v) is 11.2. The Morgan fingerprint density at radius 3 is 2.62 bits per heavy atom. The van der Waals surface area contributed by atoms with Gasteiger partial charge in [-0.05, 0) is 32.9 Å². The number of hydrogen-bond donors (Lipinski definition) is 0. The predicted octanol–water partition coefficient (Wildman–Crippen LogP) is 2.21. The minimum absolute atomic E-state index is 0.0818. The van der Waals surface area contributed by atoms with Gasteiger partial charge in [0.25, 0.3) is 11.5 Å². The van der Waals surface area contributed by atoms with Crippen molar-refractivity contribution in [2.45, 2.75) is 57.4 Å². The molecule has 1 saturated heterocycles. The molecule has 3 rings (SSSR count). The van der Waals surface area contributed by atoms with E-state index >= 15 is 0 Å². The fourth-order valence-corrected chi connectivity index (χ4v) is 3.50. The van der Waals surface area contributed by atoms with E-state index in [2.05, 4.69) is 10.9 Å². The highest BCUT2D eigenvalue weighted by Crippen LogP contribution is 2.32. The number of rotatable bonds is 8. The Hall–Kier alpha value is -3.31. The molecule has 200 valence electrons. The average Bonchev–Trinajstić information content (AvgIpc) is 3.22. The van der Waals surface area contributed by atoms with Gasteiger partial charge in [0.15, 0.2) is 0 Å². The Morgan fingerprint density at radius 1 is 1.30 bits per heavy atom. The van der Waals surface area contributed by atoms with Crippen molar-refractivity contribution in [3.8, 4) is 12.3 Å². The molecule has 1 aliphatic rings. The molecule has 1 aliphatic heterocycles. The van der Waals surface area contributed by atoms with Gasteiger partial charge in [0.05, 0.1) is 23.9 Å². The Balaban J connectivity index is 1.98. The molecule has 0 radical (unpaired) electrons. The van der Waals surface area contributed by atoms with Crippen LogP contribution in [0.25, 0.3) is 0 Å². The Morgan fingerprint density at radius 2 is 2.03 bits per heavy atom. The van der Waals surface area contributed by atoms with E-state index in [1.54, 1.807) is 0 Å². The maximum Gasteiger partial charge on any atom is 0.423 e. The number of halogens is 3. The fraction of sp³-hybridized carbons (Fsp3) is 0.500. The van der Waals surface area contributed by atoms with E-state index in [1.807, 2.05) is 20.8 Å². The summed E-state index contributed by atoms with van der Waals surface area (Å²) in [6, 6.07) is 2.56. The molecular formula is C24H26F3N3O7. The zero-order valence-corrected chi connectivity index (χ0v) is 20.4. The lowest BCUT2D eigenvalue weighted by Gasteiger charge is -2.22. The van der Waals surface area contributed by atoms with Gasteiger partial charge in [-0.1, -0.05) is 5.92 Å². The molecule has 3 heterocycles. The molecule has 37 heavy (non-hydrogen) atoms. The first kappa shape index (κ1) is 28.3. The van der Waals surface area contributed by atoms with E-state index in [9.17, 15) is 27.6 Å². The highest BCUT2D eigenvalue weighted by molar-refractivity contribution is 5.95. The highest BCUT2D eigenvalue weighted by Gasteiger charge is 2.42. The number of ether oxygens (including phenoxy) is 4. The summed E-state index contributed by atoms with van der Waals surface area (Å²) < 4.78 is 64.0. The van der Waals surface area contributed by atoms with Gasteiger partial charge in [-0.2, -0.15) is 17.7 Å². The van der Waals surface area contributed by atoms with Crippen molar-refractivity contribution in [1.29, 1.82) is 0 Å². The van der Waals surface area contributed by atoms with Crippen LogP contribution in [0.2, 0.25) is 0 Å². The smallest absolute Gasteiger partial charge is 0.363 e. The van der Waals surface area contributed by atoms with Crippen LogP contribution in [0.5, 0.6) is 0 Å². The van der Waals surface area contributed by atoms with Crippen LogP contribution in [0.4, 0.5) is 13.2 Å². The van der Waals surface area contributed by atoms with Crippen molar-refractivity contribution < 1.29 is 36.9 Å². The summed E-state index contributed by atoms with van der Waals surface area (Å²) in [5, 5.41) is 0. The van der Waals surface area contributed by atoms with Crippen LogP contribution in [0.1, 0.15) is 49.3 Å². The molecule has 1 fully saturated rings. The van der Waals surface area contributed by atoms with Crippen molar-refractivity contribution in [2.24, 2.45) is 0 Å². The van der Waals surface area contributed by atoms with Crippen LogP contribution in [0, 0.1) is 12.3 Å². The molecular weight excluding hydrogens is 499 g/mol. The summed E-state index contributed by atoms with van der Waals surface area (Å²) in [4.78, 5) is 42.4. The van der Waals surface area contributed by atoms with E-state index in [0.29, 0.717) is 10.8 Å². The van der Waals surface area contributed by atoms with Crippen LogP contribution in [0.3, 0.4) is 0 Å². The number of aromatic nitrogens is 3. The lowest BCUT2D eigenvalue weighted by molar-refractivity contribution is -0.150. The number of carbonyl (C=O) groups excluding carboxylic acids is 1. The average molecular weight is 525 g/mol. The van der Waals surface area contributed by atoms with E-state index < -0.39 is 52.9 Å². The summed E-state index contributed by atoms with van der Waals surface area (Å²) in [5.74, 6) is 1.03. The van der Waals surface area contributed by atoms with E-state index in [4.69, 9.17) is 25.4 Å². The van der Waals surface area contributed by atoms with Crippen LogP contribution >= 0.6 is 0 Å². The predicted molar refractivity (Wildman–Crippen MR) is 123 cm³/mol. The number of alkyl halides is 3. The number of pyridine rings is 1. The standard InChI is InChI=1S/C24H26F3N3O7/c1-5-9-35-17-10-19(37-18(17)13-34-14-36-23(2,3)4)29-12-16(24(25,26)27)21(32)30(22(29)33)20(31)15-7-6-8-28-11-15/h1,6-8,11-12,17-19H,9-10,13-14H2,2-4H3/t17-,18+,19+/m0/s1. The summed E-state index contributed by atoms with van der Waals surface area (Å²) in [7, 11) is 0. The third-order valence-electron chi connectivity index (χ3n) is 5.26. The topological polar surface area (TPSA) is 111 Å². The number of terminal acetylenes is 1. The maximum absolute atomic E-state index is 13.7. The first-order valence-electron chi connectivity index (χ1n) is 11.2. The van der Waals surface area contributed by atoms with Crippen molar-refractivity contribution in [3.05, 3.63) is 62.7 Å². The van der Waals surface area contributed by atoms with Gasteiger partial charge in [0.1, 0.15) is 31.3 Å². The van der Waals surface area contributed by atoms with E-state index in [0.717, 1.165) is 6.20 Å². The molecule has 0 aliphatic carbocycles. The Labute approximate surface area is 209 Å². The van der Waals surface area contributed by atoms with Crippen molar-refractivity contribution in [3.63, 3.8) is 0 Å². The highest BCUT2D eigenvalue weighted by atomic mass is 19.4. The lowest BCUT2D eigenvalue weighted by Crippen LogP contribution is -2.47. The van der Waals surface area contributed by atoms with Gasteiger partial charge in [-0.25, -0.2) is 4.79 Å². The molecule has 0 amide bonds. The molecule has 0 saturated carbocycles. The quantitative estimate of drug-likeness (QED) is 0.293. The first-order chi connectivity index (χ1) is 17.3. The molecule has 10 nitrogen and oxygen atoms in total. The van der Waals surface area contributed by atoms with Gasteiger partial charge in [-0.15, -0.1) is 6.42 Å². The Bertz CT molecular complexity index is 1260. The van der Waals surface area contributed by atoms with E-state index in [-0.39, 0.29) is 36.6 Å². The summed E-state index contributed by atoms with van der Waals surface area (Å²) in [6.07, 6.45) is -0.228. The minimum Gasteiger partial charge on any atom is -0.363 e. The van der Waals surface area contributed by atoms with Crippen molar-refractivity contribution >= 4 is 5.91 Å². The van der Waals surface area contributed by atoms with Crippen LogP contribution in [-0.2, 0) is 25.1 Å². The minimum atomic E-state index is -5.16. The van der Waals surface area contributed by atoms with Crippen molar-refractivity contribution in [1.82, 2.24) is 14.1 Å². The van der Waals surface area contributed by atoms with E-state index in [1.165, 1.54) is 18.3 Å². The van der Waals surface area contributed by atoms with Crippen molar-refractivity contribution in [2.75, 3.05) is 20.0 Å². The maximum atomic E-state index is 13.7. The normalized spacial score (nSPS) is 20.1. The lowest BCUT2D eigenvalue weighted by atomic mass is 10.2. The molecule has 0 spiro atoms. The molecule has 0 bridgehead atoms. The molecule has 13 heteroatoms. The largest absolute Gasteiger partial charge is 0.423 e. The zero-order valence-electron chi connectivity index (χ0n) is 20.4. The molecule has 2 aromatic heterocycles. The third kappa shape index (κ3) is 6.92. The third-order valence-corrected chi connectivity index (χ3v) is 5.26.